The molecule has 0 amide bonds. The van der Waals surface area contributed by atoms with E-state index in [2.05, 4.69) is 72.8 Å². The van der Waals surface area contributed by atoms with Gasteiger partial charge in [-0.1, -0.05) is 91.0 Å². The molecule has 0 atom stereocenters. The van der Waals surface area contributed by atoms with Crippen LogP contribution in [0.15, 0.2) is 91.0 Å². The predicted molar refractivity (Wildman–Crippen MR) is 94.8 cm³/mol. The Kier molecular flexibility index (Phi) is 4.52. The molecule has 3 aromatic carbocycles. The number of hydrogen-bond acceptors (Lipinski definition) is 1. The van der Waals surface area contributed by atoms with Crippen LogP contribution >= 0.6 is 0 Å². The van der Waals surface area contributed by atoms with Crippen LogP contribution < -0.4 is 0 Å². The standard InChI is InChI=1S/C20H20OSi/c21-22-16-20(17-10-4-1-5-11-17,18-12-6-2-7-13-18)19-14-8-3-9-15-19/h1-15,21H,16,22H2. The van der Waals surface area contributed by atoms with Crippen LogP contribution in [0.2, 0.25) is 6.04 Å². The van der Waals surface area contributed by atoms with E-state index in [9.17, 15) is 4.80 Å². The lowest BCUT2D eigenvalue weighted by molar-refractivity contribution is 0.571. The minimum Gasteiger partial charge on any atom is -0.438 e. The maximum absolute atomic E-state index is 9.92. The van der Waals surface area contributed by atoms with Gasteiger partial charge in [-0.3, -0.25) is 0 Å². The van der Waals surface area contributed by atoms with Gasteiger partial charge in [0.25, 0.3) is 0 Å². The van der Waals surface area contributed by atoms with Crippen LogP contribution in [0.3, 0.4) is 0 Å². The Bertz CT molecular complexity index is 599. The Hall–Kier alpha value is -2.16. The zero-order valence-electron chi connectivity index (χ0n) is 12.5. The smallest absolute Gasteiger partial charge is 0.158 e. The van der Waals surface area contributed by atoms with E-state index in [4.69, 9.17) is 0 Å². The lowest BCUT2D eigenvalue weighted by atomic mass is 9.71. The van der Waals surface area contributed by atoms with Crippen LogP contribution in [0.4, 0.5) is 0 Å². The molecule has 0 spiro atoms. The van der Waals surface area contributed by atoms with Gasteiger partial charge in [0.2, 0.25) is 0 Å². The van der Waals surface area contributed by atoms with E-state index in [1.54, 1.807) is 0 Å². The Balaban J connectivity index is 2.29. The van der Waals surface area contributed by atoms with Gasteiger partial charge in [-0.2, -0.15) is 0 Å². The van der Waals surface area contributed by atoms with Crippen molar-refractivity contribution in [3.8, 4) is 0 Å². The molecular formula is C20H20OSi. The SMILES string of the molecule is O[SiH2]CC(c1ccccc1)(c1ccccc1)c1ccccc1. The first kappa shape index (κ1) is 14.8. The molecule has 110 valence electrons. The lowest BCUT2D eigenvalue weighted by Gasteiger charge is -2.35. The van der Waals surface area contributed by atoms with E-state index in [0.29, 0.717) is 0 Å². The van der Waals surface area contributed by atoms with Crippen molar-refractivity contribution >= 4 is 9.76 Å². The molecule has 3 aromatic rings. The highest BCUT2D eigenvalue weighted by Crippen LogP contribution is 2.42. The Morgan fingerprint density at radius 2 is 0.909 bits per heavy atom. The molecule has 0 aliphatic heterocycles. The first-order valence-corrected chi connectivity index (χ1v) is 9.28. The average Bonchev–Trinajstić information content (AvgIpc) is 2.62. The molecule has 0 aliphatic rings. The van der Waals surface area contributed by atoms with E-state index in [0.717, 1.165) is 6.04 Å². The van der Waals surface area contributed by atoms with Crippen molar-refractivity contribution in [2.24, 2.45) is 0 Å². The van der Waals surface area contributed by atoms with Crippen LogP contribution in [0, 0.1) is 0 Å². The summed E-state index contributed by atoms with van der Waals surface area (Å²) in [5.41, 5.74) is 3.47. The van der Waals surface area contributed by atoms with Gasteiger partial charge < -0.3 is 4.80 Å². The second-order valence-electron chi connectivity index (χ2n) is 5.48. The third kappa shape index (κ3) is 2.63. The van der Waals surface area contributed by atoms with Crippen LogP contribution in [0.5, 0.6) is 0 Å². The van der Waals surface area contributed by atoms with Gasteiger partial charge in [0, 0.05) is 5.41 Å². The Morgan fingerprint density at radius 1 is 0.591 bits per heavy atom. The van der Waals surface area contributed by atoms with Crippen molar-refractivity contribution in [1.82, 2.24) is 0 Å². The minimum absolute atomic E-state index is 0.259. The molecule has 0 aliphatic carbocycles. The molecule has 0 bridgehead atoms. The molecule has 1 N–H and O–H groups in total. The first-order chi connectivity index (χ1) is 10.9. The summed E-state index contributed by atoms with van der Waals surface area (Å²) >= 11 is 0. The van der Waals surface area contributed by atoms with E-state index in [-0.39, 0.29) is 5.41 Å². The van der Waals surface area contributed by atoms with Crippen molar-refractivity contribution in [1.29, 1.82) is 0 Å². The van der Waals surface area contributed by atoms with Gasteiger partial charge in [0.1, 0.15) is 0 Å². The maximum Gasteiger partial charge on any atom is 0.158 e. The third-order valence-corrected chi connectivity index (χ3v) is 5.26. The third-order valence-electron chi connectivity index (χ3n) is 4.29. The summed E-state index contributed by atoms with van der Waals surface area (Å²) in [7, 11) is -1.12. The number of rotatable bonds is 5. The van der Waals surface area contributed by atoms with E-state index in [1.165, 1.54) is 16.7 Å². The van der Waals surface area contributed by atoms with Crippen molar-refractivity contribution in [2.75, 3.05) is 0 Å². The summed E-state index contributed by atoms with van der Waals surface area (Å²) in [6.07, 6.45) is 0. The predicted octanol–water partition coefficient (Wildman–Crippen LogP) is 3.52. The molecular weight excluding hydrogens is 284 g/mol. The first-order valence-electron chi connectivity index (χ1n) is 7.65. The van der Waals surface area contributed by atoms with Crippen LogP contribution in [-0.2, 0) is 5.41 Å². The topological polar surface area (TPSA) is 20.2 Å². The molecule has 22 heavy (non-hydrogen) atoms. The van der Waals surface area contributed by atoms with Crippen LogP contribution in [0.1, 0.15) is 16.7 Å². The van der Waals surface area contributed by atoms with E-state index in [1.807, 2.05) is 18.2 Å². The summed E-state index contributed by atoms with van der Waals surface area (Å²) in [6.45, 7) is 0. The molecule has 0 radical (unpaired) electrons. The van der Waals surface area contributed by atoms with E-state index >= 15 is 0 Å². The summed E-state index contributed by atoms with van der Waals surface area (Å²) in [4.78, 5) is 9.92. The summed E-state index contributed by atoms with van der Waals surface area (Å²) in [5, 5.41) is 0. The van der Waals surface area contributed by atoms with Crippen LogP contribution in [-0.4, -0.2) is 14.6 Å². The molecule has 0 saturated heterocycles. The van der Waals surface area contributed by atoms with Crippen LogP contribution in [0.25, 0.3) is 0 Å². The van der Waals surface area contributed by atoms with Gasteiger partial charge in [0.15, 0.2) is 9.76 Å². The lowest BCUT2D eigenvalue weighted by Crippen LogP contribution is -2.30. The zero-order valence-corrected chi connectivity index (χ0v) is 13.9. The average molecular weight is 304 g/mol. The molecule has 3 rings (SSSR count). The van der Waals surface area contributed by atoms with Crippen molar-refractivity contribution < 1.29 is 4.80 Å². The molecule has 0 saturated carbocycles. The molecule has 0 aromatic heterocycles. The van der Waals surface area contributed by atoms with Crippen molar-refractivity contribution in [3.63, 3.8) is 0 Å². The van der Waals surface area contributed by atoms with Gasteiger partial charge >= 0.3 is 0 Å². The minimum atomic E-state index is -1.12. The van der Waals surface area contributed by atoms with Gasteiger partial charge in [-0.05, 0) is 22.7 Å². The Morgan fingerprint density at radius 3 is 1.18 bits per heavy atom. The summed E-state index contributed by atoms with van der Waals surface area (Å²) in [6, 6.07) is 32.4. The quantitative estimate of drug-likeness (QED) is 0.565. The fraction of sp³-hybridized carbons (Fsp3) is 0.100. The number of benzene rings is 3. The second-order valence-corrected chi connectivity index (χ2v) is 6.42. The molecule has 0 unspecified atom stereocenters. The highest BCUT2D eigenvalue weighted by atomic mass is 28.2. The fourth-order valence-corrected chi connectivity index (χ4v) is 4.47. The molecule has 1 nitrogen and oxygen atoms in total. The summed E-state index contributed by atoms with van der Waals surface area (Å²) in [5.74, 6) is 0. The van der Waals surface area contributed by atoms with Gasteiger partial charge in [-0.15, -0.1) is 0 Å². The van der Waals surface area contributed by atoms with Crippen molar-refractivity contribution in [2.45, 2.75) is 11.5 Å². The van der Waals surface area contributed by atoms with E-state index < -0.39 is 9.76 Å². The van der Waals surface area contributed by atoms with Gasteiger partial charge in [-0.25, -0.2) is 0 Å². The molecule has 2 heteroatoms. The highest BCUT2D eigenvalue weighted by Gasteiger charge is 2.35. The normalized spacial score (nSPS) is 11.9. The number of hydrogen-bond donors (Lipinski definition) is 1. The van der Waals surface area contributed by atoms with Crippen molar-refractivity contribution in [3.05, 3.63) is 108 Å². The zero-order chi connectivity index (χ0) is 15.3. The highest BCUT2D eigenvalue weighted by molar-refractivity contribution is 6.26. The second kappa shape index (κ2) is 6.73. The molecule has 0 fully saturated rings. The monoisotopic (exact) mass is 304 g/mol. The maximum atomic E-state index is 9.92. The largest absolute Gasteiger partial charge is 0.438 e. The Labute approximate surface area is 134 Å². The summed E-state index contributed by atoms with van der Waals surface area (Å²) < 4.78 is 0. The fourth-order valence-electron chi connectivity index (χ4n) is 3.27. The molecule has 0 heterocycles. The van der Waals surface area contributed by atoms with Gasteiger partial charge in [0.05, 0.1) is 0 Å².